The number of aromatic nitrogens is 3. The van der Waals surface area contributed by atoms with Gasteiger partial charge < -0.3 is 9.63 Å². The summed E-state index contributed by atoms with van der Waals surface area (Å²) in [4.78, 5) is 20.2. The molecule has 0 aromatic carbocycles. The minimum atomic E-state index is -0.782. The van der Waals surface area contributed by atoms with Gasteiger partial charge in [-0.1, -0.05) is 11.6 Å². The highest BCUT2D eigenvalue weighted by atomic mass is 32.1. The lowest BCUT2D eigenvalue weighted by Gasteiger charge is -2.09. The van der Waals surface area contributed by atoms with Crippen LogP contribution in [0.15, 0.2) is 16.2 Å². The molecule has 7 heteroatoms. The third kappa shape index (κ3) is 1.90. The number of carbonyl (C=O) groups is 1. The van der Waals surface area contributed by atoms with Gasteiger partial charge in [0.25, 0.3) is 0 Å². The van der Waals surface area contributed by atoms with E-state index in [1.807, 2.05) is 0 Å². The molecule has 18 heavy (non-hydrogen) atoms. The molecule has 1 saturated carbocycles. The van der Waals surface area contributed by atoms with Crippen LogP contribution in [-0.2, 0) is 4.79 Å². The molecule has 0 radical (unpaired) electrons. The molecule has 1 aliphatic rings. The van der Waals surface area contributed by atoms with E-state index < -0.39 is 11.9 Å². The van der Waals surface area contributed by atoms with E-state index in [1.165, 1.54) is 11.3 Å². The smallest absolute Gasteiger partial charge is 0.307 e. The first-order chi connectivity index (χ1) is 8.75. The van der Waals surface area contributed by atoms with Crippen molar-refractivity contribution in [2.24, 2.45) is 5.92 Å². The Morgan fingerprint density at radius 3 is 3.11 bits per heavy atom. The van der Waals surface area contributed by atoms with Gasteiger partial charge >= 0.3 is 5.97 Å². The molecule has 2 aromatic rings. The van der Waals surface area contributed by atoms with Crippen molar-refractivity contribution in [2.75, 3.05) is 0 Å². The van der Waals surface area contributed by atoms with E-state index in [-0.39, 0.29) is 5.92 Å². The van der Waals surface area contributed by atoms with Gasteiger partial charge in [-0.25, -0.2) is 0 Å². The molecule has 2 unspecified atom stereocenters. The summed E-state index contributed by atoms with van der Waals surface area (Å²) < 4.78 is 5.21. The Morgan fingerprint density at radius 1 is 1.50 bits per heavy atom. The predicted molar refractivity (Wildman–Crippen MR) is 63.1 cm³/mol. The van der Waals surface area contributed by atoms with Crippen molar-refractivity contribution < 1.29 is 14.4 Å². The maximum Gasteiger partial charge on any atom is 0.307 e. The van der Waals surface area contributed by atoms with Crippen LogP contribution in [0.2, 0.25) is 0 Å². The molecule has 2 atom stereocenters. The molecular formula is C11H11N3O3S. The Kier molecular flexibility index (Phi) is 2.83. The van der Waals surface area contributed by atoms with Crippen molar-refractivity contribution in [2.45, 2.75) is 25.2 Å². The summed E-state index contributed by atoms with van der Waals surface area (Å²) in [6, 6.07) is 0. The zero-order chi connectivity index (χ0) is 12.5. The van der Waals surface area contributed by atoms with Crippen LogP contribution in [0.3, 0.4) is 0 Å². The van der Waals surface area contributed by atoms with Crippen molar-refractivity contribution in [3.8, 4) is 10.7 Å². The predicted octanol–water partition coefficient (Wildman–Crippen LogP) is 2.16. The molecule has 0 saturated heterocycles. The lowest BCUT2D eigenvalue weighted by atomic mass is 9.96. The summed E-state index contributed by atoms with van der Waals surface area (Å²) >= 11 is 1.43. The van der Waals surface area contributed by atoms with E-state index in [4.69, 9.17) is 9.63 Å². The lowest BCUT2D eigenvalue weighted by molar-refractivity contribution is -0.142. The molecule has 1 aliphatic carbocycles. The maximum atomic E-state index is 11.1. The normalized spacial score (nSPS) is 23.3. The zero-order valence-corrected chi connectivity index (χ0v) is 10.3. The summed E-state index contributed by atoms with van der Waals surface area (Å²) in [6.45, 7) is 0. The standard InChI is InChI=1S/C11H11N3O3S/c15-11(16)7-3-1-2-6(7)10-13-9(14-17-10)8-4-12-5-18-8/h4-7H,1-3H2,(H,15,16). The molecule has 3 rings (SSSR count). The Labute approximate surface area is 107 Å². The van der Waals surface area contributed by atoms with E-state index in [9.17, 15) is 4.79 Å². The molecule has 2 aromatic heterocycles. The SMILES string of the molecule is O=C(O)C1CCCC1c1nc(-c2cncs2)no1. The Balaban J connectivity index is 1.87. The number of rotatable bonds is 3. The first-order valence-corrected chi connectivity index (χ1v) is 6.59. The van der Waals surface area contributed by atoms with Crippen LogP contribution in [0.1, 0.15) is 31.1 Å². The lowest BCUT2D eigenvalue weighted by Crippen LogP contribution is -2.16. The fourth-order valence-electron chi connectivity index (χ4n) is 2.36. The highest BCUT2D eigenvalue weighted by Crippen LogP contribution is 2.39. The molecule has 0 aliphatic heterocycles. The minimum Gasteiger partial charge on any atom is -0.481 e. The zero-order valence-electron chi connectivity index (χ0n) is 9.44. The van der Waals surface area contributed by atoms with Gasteiger partial charge in [0.2, 0.25) is 11.7 Å². The summed E-state index contributed by atoms with van der Waals surface area (Å²) in [5.41, 5.74) is 1.70. The Bertz CT molecular complexity index is 552. The number of carboxylic acids is 1. The van der Waals surface area contributed by atoms with Gasteiger partial charge in [-0.15, -0.1) is 11.3 Å². The van der Waals surface area contributed by atoms with Crippen molar-refractivity contribution in [1.29, 1.82) is 0 Å². The average molecular weight is 265 g/mol. The second-order valence-electron chi connectivity index (χ2n) is 4.30. The van der Waals surface area contributed by atoms with Gasteiger partial charge in [-0.2, -0.15) is 4.98 Å². The monoisotopic (exact) mass is 265 g/mol. The van der Waals surface area contributed by atoms with Crippen molar-refractivity contribution >= 4 is 17.3 Å². The highest BCUT2D eigenvalue weighted by Gasteiger charge is 2.37. The number of carboxylic acid groups (broad SMARTS) is 1. The summed E-state index contributed by atoms with van der Waals surface area (Å²) in [7, 11) is 0. The molecule has 1 fully saturated rings. The molecule has 0 amide bonds. The van der Waals surface area contributed by atoms with E-state index in [1.54, 1.807) is 11.7 Å². The summed E-state index contributed by atoms with van der Waals surface area (Å²) in [6.07, 6.45) is 4.03. The minimum absolute atomic E-state index is 0.156. The van der Waals surface area contributed by atoms with Crippen LogP contribution in [0.5, 0.6) is 0 Å². The number of nitrogens with zero attached hydrogens (tertiary/aromatic N) is 3. The van der Waals surface area contributed by atoms with E-state index in [2.05, 4.69) is 15.1 Å². The molecule has 1 N–H and O–H groups in total. The number of aliphatic carboxylic acids is 1. The van der Waals surface area contributed by atoms with Gasteiger partial charge in [-0.05, 0) is 12.8 Å². The Hall–Kier alpha value is -1.76. The first kappa shape index (κ1) is 11.3. The molecule has 0 spiro atoms. The summed E-state index contributed by atoms with van der Waals surface area (Å²) in [5, 5.41) is 13.0. The maximum absolute atomic E-state index is 11.1. The quantitative estimate of drug-likeness (QED) is 0.914. The second-order valence-corrected chi connectivity index (χ2v) is 5.19. The molecular weight excluding hydrogens is 254 g/mol. The van der Waals surface area contributed by atoms with Gasteiger partial charge in [0.1, 0.15) is 0 Å². The van der Waals surface area contributed by atoms with Crippen LogP contribution in [0.25, 0.3) is 10.7 Å². The van der Waals surface area contributed by atoms with Gasteiger partial charge in [0.15, 0.2) is 0 Å². The van der Waals surface area contributed by atoms with Crippen LogP contribution < -0.4 is 0 Å². The van der Waals surface area contributed by atoms with E-state index >= 15 is 0 Å². The van der Waals surface area contributed by atoms with Crippen LogP contribution in [0, 0.1) is 5.92 Å². The van der Waals surface area contributed by atoms with Crippen LogP contribution in [-0.4, -0.2) is 26.2 Å². The van der Waals surface area contributed by atoms with Crippen LogP contribution >= 0.6 is 11.3 Å². The van der Waals surface area contributed by atoms with Crippen LogP contribution in [0.4, 0.5) is 0 Å². The number of hydrogen-bond acceptors (Lipinski definition) is 6. The topological polar surface area (TPSA) is 89.1 Å². The fourth-order valence-corrected chi connectivity index (χ4v) is 2.91. The van der Waals surface area contributed by atoms with E-state index in [0.717, 1.165) is 17.7 Å². The number of thiazole rings is 1. The third-order valence-corrected chi connectivity index (χ3v) is 4.01. The largest absolute Gasteiger partial charge is 0.481 e. The summed E-state index contributed by atoms with van der Waals surface area (Å²) in [5.74, 6) is -0.418. The molecule has 0 bridgehead atoms. The van der Waals surface area contributed by atoms with Crippen molar-refractivity contribution in [3.63, 3.8) is 0 Å². The highest BCUT2D eigenvalue weighted by molar-refractivity contribution is 7.13. The first-order valence-electron chi connectivity index (χ1n) is 5.71. The Morgan fingerprint density at radius 2 is 2.39 bits per heavy atom. The third-order valence-electron chi connectivity index (χ3n) is 3.24. The van der Waals surface area contributed by atoms with Gasteiger partial charge in [-0.3, -0.25) is 9.78 Å². The second kappa shape index (κ2) is 4.49. The van der Waals surface area contributed by atoms with Gasteiger partial charge in [0, 0.05) is 6.20 Å². The fraction of sp³-hybridized carbons (Fsp3) is 0.455. The van der Waals surface area contributed by atoms with Crippen molar-refractivity contribution in [3.05, 3.63) is 17.6 Å². The number of hydrogen-bond donors (Lipinski definition) is 1. The molecule has 6 nitrogen and oxygen atoms in total. The molecule has 2 heterocycles. The van der Waals surface area contributed by atoms with Crippen molar-refractivity contribution in [1.82, 2.24) is 15.1 Å². The average Bonchev–Trinajstić information content (AvgIpc) is 3.10. The van der Waals surface area contributed by atoms with Gasteiger partial charge in [0.05, 0.1) is 22.2 Å². The molecule has 94 valence electrons. The van der Waals surface area contributed by atoms with E-state index in [0.29, 0.717) is 18.1 Å².